The number of carbonyl (C=O) groups excluding carboxylic acids is 1. The summed E-state index contributed by atoms with van der Waals surface area (Å²) in [6.07, 6.45) is -5.12. The fourth-order valence-corrected chi connectivity index (χ4v) is 4.20. The number of hydrogen-bond donors (Lipinski definition) is 2. The van der Waals surface area contributed by atoms with Gasteiger partial charge >= 0.3 is 6.18 Å². The first-order chi connectivity index (χ1) is 14.2. The molecule has 0 saturated carbocycles. The van der Waals surface area contributed by atoms with Gasteiger partial charge in [0.25, 0.3) is 0 Å². The molecule has 2 aromatic rings. The smallest absolute Gasteiger partial charge is 0.416 e. The van der Waals surface area contributed by atoms with Crippen LogP contribution >= 0.6 is 0 Å². The van der Waals surface area contributed by atoms with E-state index in [0.29, 0.717) is 29.6 Å². The van der Waals surface area contributed by atoms with Crippen molar-refractivity contribution in [1.29, 1.82) is 0 Å². The first kappa shape index (κ1) is 20.5. The molecule has 2 aliphatic rings. The lowest BCUT2D eigenvalue weighted by molar-refractivity contribution is -0.137. The number of anilines is 1. The number of ether oxygens (including phenoxy) is 2. The van der Waals surface area contributed by atoms with Crippen molar-refractivity contribution in [2.45, 2.75) is 36.8 Å². The molecule has 2 aliphatic heterocycles. The number of carbonyl (C=O) groups is 1. The van der Waals surface area contributed by atoms with Gasteiger partial charge in [0.05, 0.1) is 42.6 Å². The quantitative estimate of drug-likeness (QED) is 0.735. The summed E-state index contributed by atoms with van der Waals surface area (Å²) >= 11 is 0. The lowest BCUT2D eigenvalue weighted by Gasteiger charge is -2.30. The summed E-state index contributed by atoms with van der Waals surface area (Å²) < 4.78 is 63.8. The molecular formula is C20H18F4N2O4. The summed E-state index contributed by atoms with van der Waals surface area (Å²) in [5, 5.41) is 12.5. The van der Waals surface area contributed by atoms with Crippen molar-refractivity contribution < 1.29 is 36.9 Å². The Morgan fingerprint density at radius 1 is 1.30 bits per heavy atom. The summed E-state index contributed by atoms with van der Waals surface area (Å²) in [7, 11) is 1.43. The second-order valence-electron chi connectivity index (χ2n) is 7.31. The molecule has 2 N–H and O–H groups in total. The van der Waals surface area contributed by atoms with Crippen molar-refractivity contribution in [2.75, 3.05) is 12.4 Å². The monoisotopic (exact) mass is 426 g/mol. The van der Waals surface area contributed by atoms with E-state index in [-0.39, 0.29) is 6.42 Å². The molecule has 1 amide bonds. The molecule has 1 aromatic heterocycles. The average Bonchev–Trinajstić information content (AvgIpc) is 3.25. The van der Waals surface area contributed by atoms with Gasteiger partial charge < -0.3 is 19.9 Å². The molecule has 0 spiro atoms. The van der Waals surface area contributed by atoms with E-state index < -0.39 is 59.3 Å². The molecule has 5 atom stereocenters. The van der Waals surface area contributed by atoms with Crippen molar-refractivity contribution in [3.63, 3.8) is 0 Å². The number of aliphatic hydroxyl groups excluding tert-OH is 1. The highest BCUT2D eigenvalue weighted by Gasteiger charge is 2.57. The summed E-state index contributed by atoms with van der Waals surface area (Å²) in [5.74, 6) is -2.80. The molecule has 160 valence electrons. The van der Waals surface area contributed by atoms with E-state index in [9.17, 15) is 27.5 Å². The molecular weight excluding hydrogens is 408 g/mol. The maximum atomic E-state index is 14.1. The average molecular weight is 426 g/mol. The van der Waals surface area contributed by atoms with Gasteiger partial charge in [0.2, 0.25) is 11.8 Å². The van der Waals surface area contributed by atoms with Gasteiger partial charge in [-0.2, -0.15) is 13.2 Å². The predicted molar refractivity (Wildman–Crippen MR) is 96.3 cm³/mol. The van der Waals surface area contributed by atoms with Gasteiger partial charge in [0.15, 0.2) is 0 Å². The standard InChI is InChI=1S/C20H18F4N2O4/c1-29-15-6-9(4-5-25-15)16-17(14-8-13(27)18(16)30-14)19(28)26-12-7-10(20(22,23)24)2-3-11(12)21/h2-7,13-14,16-18,27H,8H2,1H3,(H,26,28)/t13-,14+,16+,17-,18-/m0/s1. The van der Waals surface area contributed by atoms with E-state index >= 15 is 0 Å². The van der Waals surface area contributed by atoms with Crippen LogP contribution in [0.3, 0.4) is 0 Å². The third-order valence-electron chi connectivity index (χ3n) is 5.53. The zero-order chi connectivity index (χ0) is 21.6. The fraction of sp³-hybridized carbons (Fsp3) is 0.400. The Bertz CT molecular complexity index is 968. The van der Waals surface area contributed by atoms with Crippen molar-refractivity contribution in [3.8, 4) is 5.88 Å². The Balaban J connectivity index is 1.64. The predicted octanol–water partition coefficient (Wildman–Crippen LogP) is 3.12. The Labute approximate surface area is 168 Å². The van der Waals surface area contributed by atoms with Crippen molar-refractivity contribution in [3.05, 3.63) is 53.5 Å². The SMILES string of the molecule is COc1cc([C@H]2[C@H]3O[C@H](C[C@@H]3O)[C@@H]2C(=O)Nc2cc(C(F)(F)F)ccc2F)ccn1. The van der Waals surface area contributed by atoms with Crippen LogP contribution in [0.25, 0.3) is 0 Å². The minimum atomic E-state index is -4.68. The molecule has 6 nitrogen and oxygen atoms in total. The molecule has 30 heavy (non-hydrogen) atoms. The van der Waals surface area contributed by atoms with Crippen LogP contribution in [-0.2, 0) is 15.7 Å². The number of rotatable bonds is 4. The Morgan fingerprint density at radius 3 is 2.77 bits per heavy atom. The number of aromatic nitrogens is 1. The molecule has 0 aliphatic carbocycles. The molecule has 2 fully saturated rings. The van der Waals surface area contributed by atoms with Crippen LogP contribution in [0.15, 0.2) is 36.5 Å². The first-order valence-corrected chi connectivity index (χ1v) is 9.20. The molecule has 2 bridgehead atoms. The third-order valence-corrected chi connectivity index (χ3v) is 5.53. The van der Waals surface area contributed by atoms with Crippen molar-refractivity contribution in [2.24, 2.45) is 5.92 Å². The van der Waals surface area contributed by atoms with Crippen LogP contribution in [0.2, 0.25) is 0 Å². The number of nitrogens with one attached hydrogen (secondary N) is 1. The van der Waals surface area contributed by atoms with Crippen LogP contribution in [0.5, 0.6) is 5.88 Å². The van der Waals surface area contributed by atoms with E-state index in [4.69, 9.17) is 9.47 Å². The molecule has 4 rings (SSSR count). The van der Waals surface area contributed by atoms with Gasteiger partial charge in [0, 0.05) is 24.6 Å². The number of alkyl halides is 3. The van der Waals surface area contributed by atoms with E-state index in [1.807, 2.05) is 0 Å². The number of nitrogens with zero attached hydrogens (tertiary/aromatic N) is 1. The number of pyridine rings is 1. The molecule has 3 heterocycles. The maximum absolute atomic E-state index is 14.1. The number of aliphatic hydroxyl groups is 1. The zero-order valence-corrected chi connectivity index (χ0v) is 15.7. The molecule has 10 heteroatoms. The molecule has 2 saturated heterocycles. The van der Waals surface area contributed by atoms with E-state index in [0.717, 1.165) is 0 Å². The number of fused-ring (bicyclic) bond motifs is 2. The van der Waals surface area contributed by atoms with Crippen molar-refractivity contribution >= 4 is 11.6 Å². The van der Waals surface area contributed by atoms with Crippen LogP contribution in [0.4, 0.5) is 23.2 Å². The summed E-state index contributed by atoms with van der Waals surface area (Å²) in [6, 6.07) is 5.07. The minimum absolute atomic E-state index is 0.201. The van der Waals surface area contributed by atoms with Gasteiger partial charge in [-0.05, 0) is 29.8 Å². The van der Waals surface area contributed by atoms with Crippen molar-refractivity contribution in [1.82, 2.24) is 4.98 Å². The second-order valence-corrected chi connectivity index (χ2v) is 7.31. The Morgan fingerprint density at radius 2 is 2.07 bits per heavy atom. The highest BCUT2D eigenvalue weighted by atomic mass is 19.4. The normalized spacial score (nSPS) is 27.9. The number of methoxy groups -OCH3 is 1. The molecule has 1 aromatic carbocycles. The summed E-state index contributed by atoms with van der Waals surface area (Å²) in [6.45, 7) is 0. The Hall–Kier alpha value is -2.72. The van der Waals surface area contributed by atoms with Gasteiger partial charge in [-0.15, -0.1) is 0 Å². The van der Waals surface area contributed by atoms with Crippen LogP contribution in [0.1, 0.15) is 23.5 Å². The van der Waals surface area contributed by atoms with E-state index in [2.05, 4.69) is 10.3 Å². The third kappa shape index (κ3) is 3.61. The summed E-state index contributed by atoms with van der Waals surface area (Å²) in [5.41, 5.74) is -1.02. The fourth-order valence-electron chi connectivity index (χ4n) is 4.20. The molecule has 0 unspecified atom stereocenters. The maximum Gasteiger partial charge on any atom is 0.416 e. The van der Waals surface area contributed by atoms with Gasteiger partial charge in [0.1, 0.15) is 5.82 Å². The molecule has 0 radical (unpaired) electrons. The largest absolute Gasteiger partial charge is 0.481 e. The number of halogens is 4. The topological polar surface area (TPSA) is 80.7 Å². The van der Waals surface area contributed by atoms with E-state index in [1.165, 1.54) is 13.3 Å². The van der Waals surface area contributed by atoms with Crippen LogP contribution in [0, 0.1) is 11.7 Å². The van der Waals surface area contributed by atoms with Gasteiger partial charge in [-0.25, -0.2) is 9.37 Å². The number of benzene rings is 1. The lowest BCUT2D eigenvalue weighted by Crippen LogP contribution is -2.41. The number of hydrogen-bond acceptors (Lipinski definition) is 5. The number of amides is 1. The lowest BCUT2D eigenvalue weighted by atomic mass is 9.74. The van der Waals surface area contributed by atoms with Crippen LogP contribution in [-0.4, -0.2) is 41.4 Å². The van der Waals surface area contributed by atoms with E-state index in [1.54, 1.807) is 12.1 Å². The highest BCUT2D eigenvalue weighted by Crippen LogP contribution is 2.49. The van der Waals surface area contributed by atoms with Gasteiger partial charge in [-0.3, -0.25) is 4.79 Å². The minimum Gasteiger partial charge on any atom is -0.481 e. The summed E-state index contributed by atoms with van der Waals surface area (Å²) in [4.78, 5) is 17.0. The van der Waals surface area contributed by atoms with Crippen LogP contribution < -0.4 is 10.1 Å². The second kappa shape index (κ2) is 7.51. The highest BCUT2D eigenvalue weighted by molar-refractivity contribution is 5.94. The Kier molecular flexibility index (Phi) is 5.15. The van der Waals surface area contributed by atoms with Gasteiger partial charge in [-0.1, -0.05) is 0 Å². The zero-order valence-electron chi connectivity index (χ0n) is 15.7. The first-order valence-electron chi connectivity index (χ1n) is 9.20.